The SMILES string of the molecule is [C]#Cc1cc(OCC(=O)O)cc(OCC(=O)O)c1. The highest BCUT2D eigenvalue weighted by molar-refractivity contribution is 5.69. The monoisotopic (exact) mass is 249 g/mol. The molecule has 1 radical (unpaired) electrons. The first kappa shape index (κ1) is 13.4. The molecule has 18 heavy (non-hydrogen) atoms. The summed E-state index contributed by atoms with van der Waals surface area (Å²) in [7, 11) is 0. The van der Waals surface area contributed by atoms with E-state index < -0.39 is 25.2 Å². The lowest BCUT2D eigenvalue weighted by molar-refractivity contribution is -0.140. The molecule has 0 aromatic heterocycles. The van der Waals surface area contributed by atoms with Crippen molar-refractivity contribution in [3.05, 3.63) is 30.2 Å². The van der Waals surface area contributed by atoms with Crippen LogP contribution in [0.4, 0.5) is 0 Å². The highest BCUT2D eigenvalue weighted by Crippen LogP contribution is 2.22. The largest absolute Gasteiger partial charge is 0.482 e. The smallest absolute Gasteiger partial charge is 0.341 e. The molecule has 0 heterocycles. The van der Waals surface area contributed by atoms with Crippen LogP contribution in [0, 0.1) is 12.3 Å². The van der Waals surface area contributed by atoms with Crippen LogP contribution in [0.25, 0.3) is 0 Å². The van der Waals surface area contributed by atoms with E-state index in [9.17, 15) is 9.59 Å². The fourth-order valence-corrected chi connectivity index (χ4v) is 1.10. The zero-order valence-corrected chi connectivity index (χ0v) is 9.17. The van der Waals surface area contributed by atoms with E-state index in [-0.39, 0.29) is 11.5 Å². The molecule has 6 heteroatoms. The van der Waals surface area contributed by atoms with Gasteiger partial charge in [0.25, 0.3) is 0 Å². The van der Waals surface area contributed by atoms with E-state index >= 15 is 0 Å². The van der Waals surface area contributed by atoms with E-state index in [1.54, 1.807) is 0 Å². The summed E-state index contributed by atoms with van der Waals surface area (Å²) < 4.78 is 9.81. The Kier molecular flexibility index (Phi) is 4.58. The van der Waals surface area contributed by atoms with E-state index in [2.05, 4.69) is 5.92 Å². The summed E-state index contributed by atoms with van der Waals surface area (Å²) in [4.78, 5) is 20.7. The molecule has 1 rings (SSSR count). The Morgan fingerprint density at radius 1 is 1.06 bits per heavy atom. The van der Waals surface area contributed by atoms with Crippen molar-refractivity contribution >= 4 is 11.9 Å². The first-order chi connectivity index (χ1) is 8.51. The Bertz CT molecular complexity index is 464. The number of hydrogen-bond donors (Lipinski definition) is 2. The first-order valence-corrected chi connectivity index (χ1v) is 4.78. The second-order valence-corrected chi connectivity index (χ2v) is 3.18. The van der Waals surface area contributed by atoms with Crippen molar-refractivity contribution in [3.63, 3.8) is 0 Å². The van der Waals surface area contributed by atoms with E-state index in [0.717, 1.165) is 0 Å². The molecule has 93 valence electrons. The quantitative estimate of drug-likeness (QED) is 0.715. The van der Waals surface area contributed by atoms with Gasteiger partial charge in [-0.2, -0.15) is 0 Å². The lowest BCUT2D eigenvalue weighted by Crippen LogP contribution is -2.11. The third-order valence-electron chi connectivity index (χ3n) is 1.75. The molecule has 1 aromatic rings. The normalized spacial score (nSPS) is 9.28. The maximum atomic E-state index is 10.3. The van der Waals surface area contributed by atoms with Crippen LogP contribution in [0.2, 0.25) is 0 Å². The number of ether oxygens (including phenoxy) is 2. The summed E-state index contributed by atoms with van der Waals surface area (Å²) in [6.45, 7) is -1.08. The van der Waals surface area contributed by atoms with Gasteiger partial charge in [-0.25, -0.2) is 9.59 Å². The topological polar surface area (TPSA) is 93.1 Å². The van der Waals surface area contributed by atoms with Gasteiger partial charge in [-0.1, -0.05) is 5.92 Å². The molecule has 0 spiro atoms. The molecule has 0 unspecified atom stereocenters. The molecule has 0 saturated carbocycles. The van der Waals surface area contributed by atoms with Gasteiger partial charge in [0.15, 0.2) is 13.2 Å². The van der Waals surface area contributed by atoms with Crippen molar-refractivity contribution in [1.29, 1.82) is 0 Å². The third kappa shape index (κ3) is 4.45. The van der Waals surface area contributed by atoms with Gasteiger partial charge in [0, 0.05) is 11.6 Å². The molecule has 0 aliphatic carbocycles. The zero-order chi connectivity index (χ0) is 13.5. The minimum absolute atomic E-state index is 0.162. The predicted octanol–water partition coefficient (Wildman–Crippen LogP) is 0.551. The van der Waals surface area contributed by atoms with Crippen molar-refractivity contribution < 1.29 is 29.3 Å². The van der Waals surface area contributed by atoms with Crippen LogP contribution >= 0.6 is 0 Å². The van der Waals surface area contributed by atoms with Gasteiger partial charge in [-0.15, -0.1) is 0 Å². The minimum Gasteiger partial charge on any atom is -0.482 e. The third-order valence-corrected chi connectivity index (χ3v) is 1.75. The minimum atomic E-state index is -1.15. The molecule has 1 aromatic carbocycles. The Morgan fingerprint density at radius 3 is 1.83 bits per heavy atom. The Balaban J connectivity index is 2.84. The fourth-order valence-electron chi connectivity index (χ4n) is 1.10. The molecule has 0 saturated heterocycles. The summed E-state index contributed by atoms with van der Waals surface area (Å²) in [6, 6.07) is 4.12. The Morgan fingerprint density at radius 2 is 1.50 bits per heavy atom. The van der Waals surface area contributed by atoms with Crippen molar-refractivity contribution in [1.82, 2.24) is 0 Å². The number of carbonyl (C=O) groups is 2. The maximum Gasteiger partial charge on any atom is 0.341 e. The number of hydrogen-bond acceptors (Lipinski definition) is 4. The fraction of sp³-hybridized carbons (Fsp3) is 0.167. The molecule has 6 nitrogen and oxygen atoms in total. The first-order valence-electron chi connectivity index (χ1n) is 4.78. The highest BCUT2D eigenvalue weighted by atomic mass is 16.5. The number of carboxylic acids is 2. The summed E-state index contributed by atoms with van der Waals surface area (Å²) >= 11 is 0. The second-order valence-electron chi connectivity index (χ2n) is 3.18. The van der Waals surface area contributed by atoms with Gasteiger partial charge in [0.1, 0.15) is 11.5 Å². The molecular weight excluding hydrogens is 240 g/mol. The Labute approximate surface area is 103 Å². The molecule has 0 fully saturated rings. The van der Waals surface area contributed by atoms with E-state index in [0.29, 0.717) is 5.56 Å². The molecule has 0 aliphatic rings. The zero-order valence-electron chi connectivity index (χ0n) is 9.17. The summed E-state index contributed by atoms with van der Waals surface area (Å²) in [5.74, 6) is 0.110. The van der Waals surface area contributed by atoms with Crippen molar-refractivity contribution in [2.75, 3.05) is 13.2 Å². The van der Waals surface area contributed by atoms with Crippen molar-refractivity contribution in [2.45, 2.75) is 0 Å². The van der Waals surface area contributed by atoms with Crippen LogP contribution in [0.15, 0.2) is 18.2 Å². The average Bonchev–Trinajstić information content (AvgIpc) is 2.33. The molecule has 0 amide bonds. The molecule has 0 bridgehead atoms. The Hall–Kier alpha value is -2.68. The van der Waals surface area contributed by atoms with Gasteiger partial charge in [-0.3, -0.25) is 0 Å². The van der Waals surface area contributed by atoms with Gasteiger partial charge in [-0.05, 0) is 18.6 Å². The van der Waals surface area contributed by atoms with Crippen LogP contribution in [0.5, 0.6) is 11.5 Å². The lowest BCUT2D eigenvalue weighted by atomic mass is 10.2. The van der Waals surface area contributed by atoms with Crippen molar-refractivity contribution in [2.24, 2.45) is 0 Å². The van der Waals surface area contributed by atoms with Crippen LogP contribution in [0.1, 0.15) is 5.56 Å². The second kappa shape index (κ2) is 6.15. The van der Waals surface area contributed by atoms with Gasteiger partial charge < -0.3 is 19.7 Å². The average molecular weight is 249 g/mol. The number of benzene rings is 1. The molecule has 0 atom stereocenters. The number of carboxylic acid groups (broad SMARTS) is 2. The van der Waals surface area contributed by atoms with Crippen LogP contribution in [-0.2, 0) is 9.59 Å². The number of aliphatic carboxylic acids is 2. The summed E-state index contributed by atoms with van der Waals surface area (Å²) in [5.41, 5.74) is 0.290. The highest BCUT2D eigenvalue weighted by Gasteiger charge is 2.06. The van der Waals surface area contributed by atoms with E-state index in [4.69, 9.17) is 26.1 Å². The molecule has 2 N–H and O–H groups in total. The number of rotatable bonds is 6. The molecular formula is C12H9O6. The van der Waals surface area contributed by atoms with Crippen LogP contribution < -0.4 is 9.47 Å². The van der Waals surface area contributed by atoms with Gasteiger partial charge in [0.2, 0.25) is 0 Å². The maximum absolute atomic E-state index is 10.3. The van der Waals surface area contributed by atoms with Crippen molar-refractivity contribution in [3.8, 4) is 17.4 Å². The van der Waals surface area contributed by atoms with E-state index in [1.807, 2.05) is 0 Å². The van der Waals surface area contributed by atoms with Crippen LogP contribution in [-0.4, -0.2) is 35.4 Å². The van der Waals surface area contributed by atoms with Gasteiger partial charge >= 0.3 is 11.9 Å². The lowest BCUT2D eigenvalue weighted by Gasteiger charge is -2.08. The summed E-state index contributed by atoms with van der Waals surface area (Å²) in [5, 5.41) is 16.9. The van der Waals surface area contributed by atoms with Gasteiger partial charge in [0.05, 0.1) is 0 Å². The van der Waals surface area contributed by atoms with E-state index in [1.165, 1.54) is 18.2 Å². The standard InChI is InChI=1S/C12H9O6/c1-2-8-3-9(17-6-11(13)14)5-10(4-8)18-7-12(15)16/h3-5H,6-7H2,(H,13,14)(H,15,16). The van der Waals surface area contributed by atoms with Crippen LogP contribution in [0.3, 0.4) is 0 Å². The summed E-state index contributed by atoms with van der Waals surface area (Å²) in [6.07, 6.45) is 6.98. The predicted molar refractivity (Wildman–Crippen MR) is 58.9 cm³/mol. The molecule has 0 aliphatic heterocycles.